The summed E-state index contributed by atoms with van der Waals surface area (Å²) in [6.07, 6.45) is 0.852. The highest BCUT2D eigenvalue weighted by Crippen LogP contribution is 2.22. The van der Waals surface area contributed by atoms with Crippen LogP contribution < -0.4 is 5.32 Å². The van der Waals surface area contributed by atoms with E-state index in [9.17, 15) is 4.79 Å². The maximum Gasteiger partial charge on any atom is 0.277 e. The number of aromatic nitrogens is 2. The molecule has 0 radical (unpaired) electrons. The molecular weight excluding hydrogens is 302 g/mol. The molecule has 2 rings (SSSR count). The molecule has 0 aliphatic heterocycles. The minimum absolute atomic E-state index is 0.226. The van der Waals surface area contributed by atoms with E-state index in [-0.39, 0.29) is 5.91 Å². The van der Waals surface area contributed by atoms with Crippen LogP contribution >= 0.6 is 27.5 Å². The molecule has 0 spiro atoms. The van der Waals surface area contributed by atoms with Gasteiger partial charge in [-0.3, -0.25) is 4.79 Å². The lowest BCUT2D eigenvalue weighted by Crippen LogP contribution is -2.13. The maximum absolute atomic E-state index is 11.8. The number of hydrogen-bond acceptors (Lipinski definition) is 4. The fourth-order valence-corrected chi connectivity index (χ4v) is 2.27. The van der Waals surface area contributed by atoms with Crippen molar-refractivity contribution in [3.8, 4) is 0 Å². The number of carbonyl (C=O) groups is 1. The third-order valence-corrected chi connectivity index (χ3v) is 3.29. The van der Waals surface area contributed by atoms with Crippen LogP contribution in [-0.4, -0.2) is 15.5 Å². The predicted octanol–water partition coefficient (Wildman–Crippen LogP) is 3.12. The minimum Gasteiger partial charge on any atom is -0.320 e. The topological polar surface area (TPSA) is 54.9 Å². The molecule has 1 aromatic heterocycles. The van der Waals surface area contributed by atoms with Gasteiger partial charge in [0.25, 0.3) is 5.91 Å². The van der Waals surface area contributed by atoms with Gasteiger partial charge < -0.3 is 5.32 Å². The summed E-state index contributed by atoms with van der Waals surface area (Å²) >= 11 is 4.57. The van der Waals surface area contributed by atoms with Crippen molar-refractivity contribution in [2.75, 3.05) is 5.32 Å². The average molecular weight is 312 g/mol. The van der Waals surface area contributed by atoms with E-state index in [1.807, 2.05) is 25.1 Å². The van der Waals surface area contributed by atoms with Gasteiger partial charge in [-0.2, -0.15) is 0 Å². The number of amides is 1. The number of aryl methyl sites for hydroxylation is 1. The van der Waals surface area contributed by atoms with Gasteiger partial charge in [0.2, 0.25) is 0 Å². The zero-order chi connectivity index (χ0) is 12.3. The highest BCUT2D eigenvalue weighted by molar-refractivity contribution is 9.10. The van der Waals surface area contributed by atoms with E-state index in [0.29, 0.717) is 5.69 Å². The Labute approximate surface area is 111 Å². The number of anilines is 1. The highest BCUT2D eigenvalue weighted by atomic mass is 79.9. The van der Waals surface area contributed by atoms with E-state index < -0.39 is 0 Å². The molecule has 0 fully saturated rings. The molecule has 1 heterocycles. The Morgan fingerprint density at radius 3 is 3.00 bits per heavy atom. The van der Waals surface area contributed by atoms with Gasteiger partial charge in [0.05, 0.1) is 0 Å². The van der Waals surface area contributed by atoms with Crippen LogP contribution in [0.1, 0.15) is 23.0 Å². The first-order chi connectivity index (χ1) is 8.20. The van der Waals surface area contributed by atoms with E-state index >= 15 is 0 Å². The molecule has 0 bridgehead atoms. The number of carbonyl (C=O) groups excluding carboxylic acids is 1. The summed E-state index contributed by atoms with van der Waals surface area (Å²) in [6.45, 7) is 2.04. The summed E-state index contributed by atoms with van der Waals surface area (Å²) < 4.78 is 4.67. The molecule has 0 aliphatic rings. The third kappa shape index (κ3) is 2.89. The van der Waals surface area contributed by atoms with Crippen LogP contribution in [0.2, 0.25) is 0 Å². The zero-order valence-electron chi connectivity index (χ0n) is 9.11. The van der Waals surface area contributed by atoms with Crippen molar-refractivity contribution in [3.63, 3.8) is 0 Å². The van der Waals surface area contributed by atoms with Gasteiger partial charge in [-0.25, -0.2) is 0 Å². The molecule has 6 heteroatoms. The molecule has 1 amide bonds. The number of nitrogens with one attached hydrogen (secondary N) is 1. The molecule has 0 saturated heterocycles. The van der Waals surface area contributed by atoms with Crippen LogP contribution in [-0.2, 0) is 6.42 Å². The number of benzene rings is 1. The Bertz CT molecular complexity index is 528. The predicted molar refractivity (Wildman–Crippen MR) is 71.4 cm³/mol. The molecule has 0 saturated carbocycles. The van der Waals surface area contributed by atoms with Crippen molar-refractivity contribution in [2.24, 2.45) is 0 Å². The molecule has 4 nitrogen and oxygen atoms in total. The van der Waals surface area contributed by atoms with Crippen molar-refractivity contribution in [3.05, 3.63) is 39.3 Å². The molecule has 17 heavy (non-hydrogen) atoms. The van der Waals surface area contributed by atoms with Gasteiger partial charge in [-0.05, 0) is 41.7 Å². The van der Waals surface area contributed by atoms with Gasteiger partial charge in [0.1, 0.15) is 0 Å². The lowest BCUT2D eigenvalue weighted by molar-refractivity contribution is 0.102. The fourth-order valence-electron chi connectivity index (χ4n) is 1.43. The Morgan fingerprint density at radius 2 is 2.35 bits per heavy atom. The van der Waals surface area contributed by atoms with Gasteiger partial charge in [0, 0.05) is 15.5 Å². The van der Waals surface area contributed by atoms with Gasteiger partial charge in [0.15, 0.2) is 5.69 Å². The van der Waals surface area contributed by atoms with E-state index in [1.54, 1.807) is 5.38 Å². The largest absolute Gasteiger partial charge is 0.320 e. The van der Waals surface area contributed by atoms with Gasteiger partial charge in [-0.1, -0.05) is 27.3 Å². The van der Waals surface area contributed by atoms with Crippen LogP contribution in [0, 0.1) is 0 Å². The second-order valence-corrected chi connectivity index (χ2v) is 4.92. The first-order valence-corrected chi connectivity index (χ1v) is 6.70. The lowest BCUT2D eigenvalue weighted by Gasteiger charge is -2.09. The zero-order valence-corrected chi connectivity index (χ0v) is 11.5. The lowest BCUT2D eigenvalue weighted by atomic mass is 10.1. The monoisotopic (exact) mass is 311 g/mol. The Kier molecular flexibility index (Phi) is 3.86. The van der Waals surface area contributed by atoms with Crippen molar-refractivity contribution in [2.45, 2.75) is 13.3 Å². The smallest absolute Gasteiger partial charge is 0.277 e. The molecule has 2 aromatic rings. The minimum atomic E-state index is -0.226. The molecule has 1 aromatic carbocycles. The van der Waals surface area contributed by atoms with Crippen LogP contribution in [0.4, 0.5) is 5.69 Å². The Morgan fingerprint density at radius 1 is 1.53 bits per heavy atom. The van der Waals surface area contributed by atoms with Crippen LogP contribution in [0.25, 0.3) is 0 Å². The van der Waals surface area contributed by atoms with Crippen molar-refractivity contribution >= 4 is 39.1 Å². The summed E-state index contributed by atoms with van der Waals surface area (Å²) in [4.78, 5) is 11.8. The standard InChI is InChI=1S/C11H10BrN3OS/c1-2-7-5-8(12)3-4-9(7)13-11(16)10-6-17-15-14-10/h3-6H,2H2,1H3,(H,13,16). The number of nitrogens with zero attached hydrogens (tertiary/aromatic N) is 2. The van der Waals surface area contributed by atoms with E-state index in [2.05, 4.69) is 30.8 Å². The third-order valence-electron chi connectivity index (χ3n) is 2.29. The second kappa shape index (κ2) is 5.37. The highest BCUT2D eigenvalue weighted by Gasteiger charge is 2.11. The normalized spacial score (nSPS) is 10.2. The summed E-state index contributed by atoms with van der Waals surface area (Å²) in [5.41, 5.74) is 2.24. The summed E-state index contributed by atoms with van der Waals surface area (Å²) in [7, 11) is 0. The van der Waals surface area contributed by atoms with Gasteiger partial charge >= 0.3 is 0 Å². The maximum atomic E-state index is 11.8. The van der Waals surface area contributed by atoms with Crippen molar-refractivity contribution in [1.82, 2.24) is 9.59 Å². The Hall–Kier alpha value is -1.27. The molecule has 88 valence electrons. The molecule has 1 N–H and O–H groups in total. The van der Waals surface area contributed by atoms with E-state index in [0.717, 1.165) is 33.7 Å². The van der Waals surface area contributed by atoms with E-state index in [4.69, 9.17) is 0 Å². The first kappa shape index (κ1) is 12.2. The quantitative estimate of drug-likeness (QED) is 0.947. The van der Waals surface area contributed by atoms with Crippen LogP contribution in [0.15, 0.2) is 28.1 Å². The van der Waals surface area contributed by atoms with Crippen LogP contribution in [0.5, 0.6) is 0 Å². The Balaban J connectivity index is 2.21. The summed E-state index contributed by atoms with van der Waals surface area (Å²) in [5.74, 6) is -0.226. The number of hydrogen-bond donors (Lipinski definition) is 1. The average Bonchev–Trinajstić information content (AvgIpc) is 2.85. The van der Waals surface area contributed by atoms with Crippen molar-refractivity contribution in [1.29, 1.82) is 0 Å². The first-order valence-electron chi connectivity index (χ1n) is 5.07. The SMILES string of the molecule is CCc1cc(Br)ccc1NC(=O)c1csnn1. The van der Waals surface area contributed by atoms with Crippen molar-refractivity contribution < 1.29 is 4.79 Å². The second-order valence-electron chi connectivity index (χ2n) is 3.40. The molecule has 0 aliphatic carbocycles. The number of halogens is 1. The van der Waals surface area contributed by atoms with E-state index in [1.165, 1.54) is 0 Å². The molecular formula is C11H10BrN3OS. The number of rotatable bonds is 3. The van der Waals surface area contributed by atoms with Gasteiger partial charge in [-0.15, -0.1) is 5.10 Å². The van der Waals surface area contributed by atoms with Crippen LogP contribution in [0.3, 0.4) is 0 Å². The molecule has 0 unspecified atom stereocenters. The fraction of sp³-hybridized carbons (Fsp3) is 0.182. The summed E-state index contributed by atoms with van der Waals surface area (Å²) in [6, 6.07) is 5.77. The molecule has 0 atom stereocenters. The summed E-state index contributed by atoms with van der Waals surface area (Å²) in [5, 5.41) is 8.19.